The van der Waals surface area contributed by atoms with E-state index in [9.17, 15) is 0 Å². The molecule has 0 saturated carbocycles. The summed E-state index contributed by atoms with van der Waals surface area (Å²) in [5.74, 6) is 0. The molecule has 0 saturated heterocycles. The predicted molar refractivity (Wildman–Crippen MR) is 62.8 cm³/mol. The summed E-state index contributed by atoms with van der Waals surface area (Å²) in [6.07, 6.45) is 6.44. The van der Waals surface area contributed by atoms with Crippen molar-refractivity contribution >= 4 is 34.5 Å². The number of nitrogens with one attached hydrogen (secondary N) is 1. The largest absolute Gasteiger partial charge is 0.341 e. The van der Waals surface area contributed by atoms with Gasteiger partial charge in [-0.25, -0.2) is 15.0 Å². The van der Waals surface area contributed by atoms with Gasteiger partial charge in [-0.05, 0) is 23.4 Å². The lowest BCUT2D eigenvalue weighted by molar-refractivity contribution is 1.04. The summed E-state index contributed by atoms with van der Waals surface area (Å²) in [6, 6.07) is 0. The highest BCUT2D eigenvalue weighted by Gasteiger charge is 2.10. The topological polar surface area (TPSA) is 80.2 Å². The van der Waals surface area contributed by atoms with Gasteiger partial charge in [0.15, 0.2) is 5.65 Å². The average Bonchev–Trinajstić information content (AvgIpc) is 2.78. The first-order valence-corrected chi connectivity index (χ1v) is 5.83. The lowest BCUT2D eigenvalue weighted by Gasteiger charge is -2.00. The zero-order valence-electron chi connectivity index (χ0n) is 8.33. The minimum atomic E-state index is 0.163. The molecule has 3 aromatic rings. The van der Waals surface area contributed by atoms with Gasteiger partial charge in [0.25, 0.3) is 0 Å². The number of hydrogen-bond acceptors (Lipinski definition) is 6. The van der Waals surface area contributed by atoms with Gasteiger partial charge in [-0.2, -0.15) is 4.98 Å². The van der Waals surface area contributed by atoms with E-state index in [4.69, 9.17) is 11.6 Å². The third kappa shape index (κ3) is 2.06. The Hall–Kier alpha value is -1.73. The van der Waals surface area contributed by atoms with Crippen molar-refractivity contribution in [3.8, 4) is 0 Å². The Kier molecular flexibility index (Phi) is 2.62. The lowest BCUT2D eigenvalue weighted by atomic mass is 10.6. The molecule has 3 heterocycles. The second-order valence-electron chi connectivity index (χ2n) is 3.04. The van der Waals surface area contributed by atoms with Gasteiger partial charge >= 0.3 is 0 Å². The molecule has 0 aliphatic rings. The summed E-state index contributed by atoms with van der Waals surface area (Å²) in [7, 11) is 0. The van der Waals surface area contributed by atoms with Crippen molar-refractivity contribution in [2.75, 3.05) is 0 Å². The molecule has 0 aliphatic heterocycles. The van der Waals surface area contributed by atoms with Crippen LogP contribution in [0.1, 0.15) is 0 Å². The zero-order chi connectivity index (χ0) is 11.7. The van der Waals surface area contributed by atoms with Crippen LogP contribution < -0.4 is 0 Å². The van der Waals surface area contributed by atoms with Gasteiger partial charge in [0.05, 0.1) is 12.5 Å². The fraction of sp³-hybridized carbons (Fsp3) is 0. The van der Waals surface area contributed by atoms with Gasteiger partial charge in [0.2, 0.25) is 5.28 Å². The molecule has 0 fully saturated rings. The van der Waals surface area contributed by atoms with Crippen molar-refractivity contribution in [3.05, 3.63) is 30.2 Å². The van der Waals surface area contributed by atoms with Crippen LogP contribution in [0.15, 0.2) is 35.0 Å². The minimum absolute atomic E-state index is 0.163. The summed E-state index contributed by atoms with van der Waals surface area (Å²) in [4.78, 5) is 23.3. The summed E-state index contributed by atoms with van der Waals surface area (Å²) in [6.45, 7) is 0. The molecule has 3 rings (SSSR count). The highest BCUT2D eigenvalue weighted by molar-refractivity contribution is 7.99. The molecule has 3 aromatic heterocycles. The van der Waals surface area contributed by atoms with E-state index in [1.807, 2.05) is 0 Å². The van der Waals surface area contributed by atoms with E-state index in [-0.39, 0.29) is 5.28 Å². The molecule has 0 atom stereocenters. The van der Waals surface area contributed by atoms with Crippen molar-refractivity contribution in [2.45, 2.75) is 10.1 Å². The standard InChI is InChI=1S/C9H5ClN6S/c10-9-15-7-6(13-4-14-7)8(16-9)17-5-3-11-1-2-12-5/h1-4H,(H,13,14,15,16). The first-order valence-electron chi connectivity index (χ1n) is 4.63. The van der Waals surface area contributed by atoms with E-state index < -0.39 is 0 Å². The van der Waals surface area contributed by atoms with Gasteiger partial charge in [-0.1, -0.05) is 0 Å². The first kappa shape index (κ1) is 10.4. The average molecular weight is 265 g/mol. The van der Waals surface area contributed by atoms with Crippen molar-refractivity contribution < 1.29 is 0 Å². The van der Waals surface area contributed by atoms with Gasteiger partial charge in [0, 0.05) is 12.4 Å². The number of nitrogens with zero attached hydrogens (tertiary/aromatic N) is 5. The number of hydrogen-bond donors (Lipinski definition) is 1. The second kappa shape index (κ2) is 4.27. The van der Waals surface area contributed by atoms with Crippen LogP contribution in [-0.4, -0.2) is 29.9 Å². The molecular formula is C9H5ClN6S. The minimum Gasteiger partial charge on any atom is -0.341 e. The summed E-state index contributed by atoms with van der Waals surface area (Å²) >= 11 is 7.18. The number of halogens is 1. The van der Waals surface area contributed by atoms with Crippen molar-refractivity contribution in [1.82, 2.24) is 29.9 Å². The van der Waals surface area contributed by atoms with Crippen LogP contribution in [0, 0.1) is 0 Å². The Morgan fingerprint density at radius 2 is 2.12 bits per heavy atom. The summed E-state index contributed by atoms with van der Waals surface area (Å²) in [5.41, 5.74) is 1.28. The maximum absolute atomic E-state index is 5.82. The Morgan fingerprint density at radius 1 is 1.18 bits per heavy atom. The molecule has 0 spiro atoms. The Labute approximate surface area is 105 Å². The van der Waals surface area contributed by atoms with Crippen LogP contribution in [0.4, 0.5) is 0 Å². The molecule has 8 heteroatoms. The van der Waals surface area contributed by atoms with E-state index in [1.54, 1.807) is 24.9 Å². The van der Waals surface area contributed by atoms with Crippen molar-refractivity contribution in [3.63, 3.8) is 0 Å². The number of aromatic nitrogens is 6. The van der Waals surface area contributed by atoms with Gasteiger partial charge in [-0.3, -0.25) is 4.98 Å². The second-order valence-corrected chi connectivity index (χ2v) is 4.39. The lowest BCUT2D eigenvalue weighted by Crippen LogP contribution is -1.90. The van der Waals surface area contributed by atoms with E-state index >= 15 is 0 Å². The van der Waals surface area contributed by atoms with Gasteiger partial charge in [-0.15, -0.1) is 0 Å². The van der Waals surface area contributed by atoms with Crippen LogP contribution in [0.2, 0.25) is 5.28 Å². The molecule has 6 nitrogen and oxygen atoms in total. The van der Waals surface area contributed by atoms with E-state index in [1.165, 1.54) is 11.8 Å². The highest BCUT2D eigenvalue weighted by atomic mass is 35.5. The molecule has 0 amide bonds. The molecule has 0 bridgehead atoms. The number of fused-ring (bicyclic) bond motifs is 1. The van der Waals surface area contributed by atoms with Crippen molar-refractivity contribution in [1.29, 1.82) is 0 Å². The number of imidazole rings is 1. The summed E-state index contributed by atoms with van der Waals surface area (Å²) in [5, 5.41) is 1.58. The molecule has 0 unspecified atom stereocenters. The van der Waals surface area contributed by atoms with Crippen LogP contribution in [0.5, 0.6) is 0 Å². The SMILES string of the molecule is Clc1nc(Sc2cnccn2)c2[nH]cnc2n1. The molecule has 17 heavy (non-hydrogen) atoms. The normalized spacial score (nSPS) is 10.9. The Bertz CT molecular complexity index is 655. The molecule has 0 aliphatic carbocycles. The van der Waals surface area contributed by atoms with E-state index in [0.29, 0.717) is 10.7 Å². The van der Waals surface area contributed by atoms with E-state index in [2.05, 4.69) is 29.9 Å². The Morgan fingerprint density at radius 3 is 2.94 bits per heavy atom. The maximum Gasteiger partial charge on any atom is 0.225 e. The van der Waals surface area contributed by atoms with Crippen LogP contribution in [0.3, 0.4) is 0 Å². The van der Waals surface area contributed by atoms with Gasteiger partial charge in [0.1, 0.15) is 15.6 Å². The third-order valence-electron chi connectivity index (χ3n) is 1.97. The maximum atomic E-state index is 5.82. The fourth-order valence-electron chi connectivity index (χ4n) is 1.29. The Balaban J connectivity index is 2.08. The number of rotatable bonds is 2. The zero-order valence-corrected chi connectivity index (χ0v) is 9.90. The molecule has 0 radical (unpaired) electrons. The number of H-pyrrole nitrogens is 1. The molecule has 84 valence electrons. The highest BCUT2D eigenvalue weighted by Crippen LogP contribution is 2.28. The van der Waals surface area contributed by atoms with Crippen molar-refractivity contribution in [2.24, 2.45) is 0 Å². The van der Waals surface area contributed by atoms with Crippen LogP contribution in [0.25, 0.3) is 11.2 Å². The van der Waals surface area contributed by atoms with Crippen LogP contribution >= 0.6 is 23.4 Å². The predicted octanol–water partition coefficient (Wildman–Crippen LogP) is 1.95. The molecule has 0 aromatic carbocycles. The summed E-state index contributed by atoms with van der Waals surface area (Å²) < 4.78 is 0. The van der Waals surface area contributed by atoms with Gasteiger partial charge < -0.3 is 4.98 Å². The quantitative estimate of drug-likeness (QED) is 0.563. The molecule has 1 N–H and O–H groups in total. The van der Waals surface area contributed by atoms with E-state index in [0.717, 1.165) is 10.5 Å². The third-order valence-corrected chi connectivity index (χ3v) is 3.04. The monoisotopic (exact) mass is 264 g/mol. The number of aromatic amines is 1. The first-order chi connectivity index (χ1) is 8.33. The fourth-order valence-corrected chi connectivity index (χ4v) is 2.32. The molecular weight excluding hydrogens is 260 g/mol. The smallest absolute Gasteiger partial charge is 0.225 e. The van der Waals surface area contributed by atoms with Crippen LogP contribution in [-0.2, 0) is 0 Å².